The van der Waals surface area contributed by atoms with Gasteiger partial charge in [0.05, 0.1) is 17.4 Å². The third-order valence-electron chi connectivity index (χ3n) is 3.63. The summed E-state index contributed by atoms with van der Waals surface area (Å²) >= 11 is 0. The average molecular weight is 305 g/mol. The summed E-state index contributed by atoms with van der Waals surface area (Å²) in [6.45, 7) is 5.46. The van der Waals surface area contributed by atoms with E-state index < -0.39 is 38.8 Å². The van der Waals surface area contributed by atoms with Gasteiger partial charge in [-0.15, -0.1) is 0 Å². The monoisotopic (exact) mass is 305 g/mol. The molecule has 7 nitrogen and oxygen atoms in total. The normalized spacial score (nSPS) is 27.1. The van der Waals surface area contributed by atoms with Gasteiger partial charge in [-0.3, -0.25) is 4.79 Å². The molecule has 1 atom stereocenters. The number of carbonyl (C=O) groups is 2. The van der Waals surface area contributed by atoms with Crippen molar-refractivity contribution in [2.24, 2.45) is 11.3 Å². The van der Waals surface area contributed by atoms with Gasteiger partial charge >= 0.3 is 12.1 Å². The van der Waals surface area contributed by atoms with Crippen LogP contribution in [0, 0.1) is 11.3 Å². The molecule has 0 aromatic heterocycles. The predicted molar refractivity (Wildman–Crippen MR) is 70.0 cm³/mol. The highest BCUT2D eigenvalue weighted by Crippen LogP contribution is 2.45. The third kappa shape index (κ3) is 2.74. The van der Waals surface area contributed by atoms with E-state index in [0.29, 0.717) is 0 Å². The van der Waals surface area contributed by atoms with Crippen LogP contribution in [0.1, 0.15) is 20.8 Å². The fourth-order valence-corrected chi connectivity index (χ4v) is 5.22. The maximum Gasteiger partial charge on any atom is 0.410 e. The smallest absolute Gasteiger partial charge is 0.410 e. The number of ether oxygens (including phenoxy) is 1. The summed E-state index contributed by atoms with van der Waals surface area (Å²) in [4.78, 5) is 24.4. The van der Waals surface area contributed by atoms with Crippen LogP contribution in [0.3, 0.4) is 0 Å². The Labute approximate surface area is 117 Å². The molecule has 20 heavy (non-hydrogen) atoms. The van der Waals surface area contributed by atoms with Crippen LogP contribution in [0.15, 0.2) is 0 Å². The Morgan fingerprint density at radius 1 is 1.30 bits per heavy atom. The van der Waals surface area contributed by atoms with Crippen LogP contribution in [0.25, 0.3) is 0 Å². The van der Waals surface area contributed by atoms with E-state index in [1.54, 1.807) is 20.8 Å². The number of amides is 1. The van der Waals surface area contributed by atoms with E-state index in [4.69, 9.17) is 9.84 Å². The average Bonchev–Trinajstić information content (AvgIpc) is 2.45. The molecule has 0 aliphatic carbocycles. The van der Waals surface area contributed by atoms with Crippen molar-refractivity contribution in [3.05, 3.63) is 0 Å². The van der Waals surface area contributed by atoms with Gasteiger partial charge in [-0.2, -0.15) is 0 Å². The van der Waals surface area contributed by atoms with Crippen LogP contribution in [-0.2, 0) is 19.4 Å². The molecule has 0 radical (unpaired) electrons. The van der Waals surface area contributed by atoms with E-state index in [-0.39, 0.29) is 24.6 Å². The number of rotatable bonds is 1. The second kappa shape index (κ2) is 4.34. The highest BCUT2D eigenvalue weighted by Gasteiger charge is 2.61. The Morgan fingerprint density at radius 3 is 2.30 bits per heavy atom. The number of carbonyl (C=O) groups excluding carboxylic acids is 1. The Morgan fingerprint density at radius 2 is 1.85 bits per heavy atom. The number of likely N-dealkylation sites (tertiary alicyclic amines) is 1. The Balaban J connectivity index is 2.07. The summed E-state index contributed by atoms with van der Waals surface area (Å²) in [5.74, 6) is -2.57. The van der Waals surface area contributed by atoms with Gasteiger partial charge in [-0.05, 0) is 20.8 Å². The van der Waals surface area contributed by atoms with Gasteiger partial charge in [0.1, 0.15) is 5.60 Å². The maximum atomic E-state index is 11.8. The molecule has 0 aromatic carbocycles. The number of carboxylic acid groups (broad SMARTS) is 1. The van der Waals surface area contributed by atoms with Gasteiger partial charge in [0, 0.05) is 18.5 Å². The molecule has 114 valence electrons. The molecule has 0 bridgehead atoms. The van der Waals surface area contributed by atoms with Gasteiger partial charge < -0.3 is 14.7 Å². The molecule has 2 saturated heterocycles. The topological polar surface area (TPSA) is 101 Å². The van der Waals surface area contributed by atoms with Crippen molar-refractivity contribution in [3.8, 4) is 0 Å². The van der Waals surface area contributed by atoms with Crippen LogP contribution >= 0.6 is 0 Å². The van der Waals surface area contributed by atoms with E-state index in [1.165, 1.54) is 4.90 Å². The van der Waals surface area contributed by atoms with E-state index in [1.807, 2.05) is 0 Å². The highest BCUT2D eigenvalue weighted by atomic mass is 32.2. The lowest BCUT2D eigenvalue weighted by Crippen LogP contribution is -2.63. The number of aliphatic carboxylic acids is 1. The minimum absolute atomic E-state index is 0.123. The van der Waals surface area contributed by atoms with Crippen molar-refractivity contribution in [3.63, 3.8) is 0 Å². The summed E-state index contributed by atoms with van der Waals surface area (Å²) in [6.07, 6.45) is -0.531. The van der Waals surface area contributed by atoms with Crippen molar-refractivity contribution in [2.75, 3.05) is 24.6 Å². The molecule has 2 fully saturated rings. The summed E-state index contributed by atoms with van der Waals surface area (Å²) in [7, 11) is -3.35. The van der Waals surface area contributed by atoms with Gasteiger partial charge in [0.25, 0.3) is 0 Å². The fourth-order valence-electron chi connectivity index (χ4n) is 2.84. The molecule has 1 N–H and O–H groups in total. The molecular weight excluding hydrogens is 286 g/mol. The van der Waals surface area contributed by atoms with Crippen LogP contribution in [0.5, 0.6) is 0 Å². The Kier molecular flexibility index (Phi) is 3.27. The van der Waals surface area contributed by atoms with Crippen molar-refractivity contribution in [1.29, 1.82) is 0 Å². The van der Waals surface area contributed by atoms with Crippen LogP contribution < -0.4 is 0 Å². The zero-order chi connectivity index (χ0) is 15.3. The minimum Gasteiger partial charge on any atom is -0.481 e. The lowest BCUT2D eigenvalue weighted by molar-refractivity contribution is -0.149. The maximum absolute atomic E-state index is 11.8. The van der Waals surface area contributed by atoms with Crippen molar-refractivity contribution in [2.45, 2.75) is 26.4 Å². The molecule has 2 aliphatic heterocycles. The molecule has 0 unspecified atom stereocenters. The molecule has 1 spiro atoms. The summed E-state index contributed by atoms with van der Waals surface area (Å²) in [5.41, 5.74) is -1.48. The number of hydrogen-bond acceptors (Lipinski definition) is 5. The molecular formula is C12H19NO6S. The first-order valence-electron chi connectivity index (χ1n) is 6.35. The number of carboxylic acids is 1. The molecule has 8 heteroatoms. The fraction of sp³-hybridized carbons (Fsp3) is 0.833. The zero-order valence-electron chi connectivity index (χ0n) is 11.7. The molecule has 2 rings (SSSR count). The van der Waals surface area contributed by atoms with E-state index >= 15 is 0 Å². The summed E-state index contributed by atoms with van der Waals surface area (Å²) in [5, 5.41) is 9.16. The first kappa shape index (κ1) is 15.1. The molecule has 2 aliphatic rings. The predicted octanol–water partition coefficient (Wildman–Crippen LogP) is 0.353. The second-order valence-corrected chi connectivity index (χ2v) is 8.75. The number of hydrogen-bond donors (Lipinski definition) is 1. The van der Waals surface area contributed by atoms with Gasteiger partial charge in [-0.1, -0.05) is 0 Å². The van der Waals surface area contributed by atoms with Crippen LogP contribution in [0.4, 0.5) is 4.79 Å². The van der Waals surface area contributed by atoms with Gasteiger partial charge in [0.15, 0.2) is 9.84 Å². The number of sulfone groups is 1. The van der Waals surface area contributed by atoms with E-state index in [2.05, 4.69) is 0 Å². The summed E-state index contributed by atoms with van der Waals surface area (Å²) < 4.78 is 28.5. The molecule has 0 aromatic rings. The zero-order valence-corrected chi connectivity index (χ0v) is 12.6. The van der Waals surface area contributed by atoms with E-state index in [9.17, 15) is 18.0 Å². The highest BCUT2D eigenvalue weighted by molar-refractivity contribution is 7.91. The second-order valence-electron chi connectivity index (χ2n) is 6.64. The van der Waals surface area contributed by atoms with Crippen molar-refractivity contribution >= 4 is 21.9 Å². The Bertz CT molecular complexity index is 541. The van der Waals surface area contributed by atoms with Crippen molar-refractivity contribution in [1.82, 2.24) is 4.90 Å². The van der Waals surface area contributed by atoms with Crippen LogP contribution in [0.2, 0.25) is 0 Å². The minimum atomic E-state index is -3.35. The first-order chi connectivity index (χ1) is 8.94. The summed E-state index contributed by atoms with van der Waals surface area (Å²) in [6, 6.07) is 0. The molecule has 1 amide bonds. The standard InChI is InChI=1S/C12H19NO6S/c1-11(2,3)19-10(16)13-5-12(6-13)7-20(17,18)4-8(12)9(14)15/h8H,4-7H2,1-3H3,(H,14,15)/t8-/m0/s1. The lowest BCUT2D eigenvalue weighted by atomic mass is 9.72. The van der Waals surface area contributed by atoms with E-state index in [0.717, 1.165) is 0 Å². The largest absolute Gasteiger partial charge is 0.481 e. The molecule has 0 saturated carbocycles. The number of nitrogens with zero attached hydrogens (tertiary/aromatic N) is 1. The lowest BCUT2D eigenvalue weighted by Gasteiger charge is -2.49. The SMILES string of the molecule is CC(C)(C)OC(=O)N1CC2(C1)CS(=O)(=O)C[C@H]2C(=O)O. The Hall–Kier alpha value is -1.31. The van der Waals surface area contributed by atoms with Crippen LogP contribution in [-0.4, -0.2) is 60.7 Å². The third-order valence-corrected chi connectivity index (χ3v) is 5.48. The van der Waals surface area contributed by atoms with Gasteiger partial charge in [-0.25, -0.2) is 13.2 Å². The first-order valence-corrected chi connectivity index (χ1v) is 8.17. The molecule has 2 heterocycles. The van der Waals surface area contributed by atoms with Gasteiger partial charge in [0.2, 0.25) is 0 Å². The quantitative estimate of drug-likeness (QED) is 0.750. The van der Waals surface area contributed by atoms with Crippen molar-refractivity contribution < 1.29 is 27.9 Å².